The Hall–Kier alpha value is -3.62. The fourth-order valence-corrected chi connectivity index (χ4v) is 3.66. The number of hydrogen-bond acceptors (Lipinski definition) is 7. The molecule has 3 heterocycles. The zero-order valence-electron chi connectivity index (χ0n) is 15.0. The second-order valence-corrected chi connectivity index (χ2v) is 6.79. The highest BCUT2D eigenvalue weighted by Crippen LogP contribution is 2.36. The van der Waals surface area contributed by atoms with Crippen LogP contribution in [0.15, 0.2) is 45.8 Å². The number of nitrogens with one attached hydrogen (secondary N) is 1. The number of fused-ring (bicyclic) bond motifs is 1. The Balaban J connectivity index is 1.60. The zero-order valence-corrected chi connectivity index (χ0v) is 15.0. The number of oxazole rings is 1. The van der Waals surface area contributed by atoms with Gasteiger partial charge in [-0.1, -0.05) is 31.0 Å². The molecule has 0 unspecified atom stereocenters. The smallest absolute Gasteiger partial charge is 0.348 e. The van der Waals surface area contributed by atoms with Crippen molar-refractivity contribution in [2.45, 2.75) is 31.7 Å². The van der Waals surface area contributed by atoms with Crippen LogP contribution in [-0.2, 0) is 0 Å². The van der Waals surface area contributed by atoms with Crippen LogP contribution in [0.2, 0.25) is 0 Å². The third kappa shape index (κ3) is 2.81. The van der Waals surface area contributed by atoms with Crippen LogP contribution in [0.4, 0.5) is 5.82 Å². The SMILES string of the molecule is Nc1[nH]c(=O)nc2c1c(-c1nc(Oc3ccccc3)co1)nn2C1CCCC1. The van der Waals surface area contributed by atoms with Gasteiger partial charge in [0.15, 0.2) is 17.6 Å². The van der Waals surface area contributed by atoms with Gasteiger partial charge in [0.1, 0.15) is 11.6 Å². The summed E-state index contributed by atoms with van der Waals surface area (Å²) < 4.78 is 13.1. The number of rotatable bonds is 4. The number of nitrogen functional groups attached to an aromatic ring is 1. The number of H-pyrrole nitrogens is 1. The Morgan fingerprint density at radius 1 is 1.18 bits per heavy atom. The number of hydrogen-bond donors (Lipinski definition) is 2. The molecule has 4 aromatic rings. The van der Waals surface area contributed by atoms with Crippen molar-refractivity contribution in [3.63, 3.8) is 0 Å². The minimum absolute atomic E-state index is 0.181. The van der Waals surface area contributed by atoms with E-state index < -0.39 is 5.69 Å². The van der Waals surface area contributed by atoms with Gasteiger partial charge in [-0.15, -0.1) is 0 Å². The maximum atomic E-state index is 11.9. The van der Waals surface area contributed by atoms with Gasteiger partial charge in [0.25, 0.3) is 11.8 Å². The predicted molar refractivity (Wildman–Crippen MR) is 102 cm³/mol. The van der Waals surface area contributed by atoms with Crippen molar-refractivity contribution in [2.75, 3.05) is 5.73 Å². The molecule has 142 valence electrons. The van der Waals surface area contributed by atoms with Crippen LogP contribution in [-0.4, -0.2) is 24.7 Å². The van der Waals surface area contributed by atoms with Crippen LogP contribution in [0, 0.1) is 0 Å². The van der Waals surface area contributed by atoms with Crippen molar-refractivity contribution >= 4 is 16.9 Å². The minimum atomic E-state index is -0.504. The lowest BCUT2D eigenvalue weighted by molar-refractivity contribution is 0.457. The highest BCUT2D eigenvalue weighted by molar-refractivity contribution is 5.96. The molecule has 0 bridgehead atoms. The van der Waals surface area contributed by atoms with Crippen LogP contribution < -0.4 is 16.2 Å². The summed E-state index contributed by atoms with van der Waals surface area (Å²) in [6.07, 6.45) is 5.62. The molecule has 0 amide bonds. The summed E-state index contributed by atoms with van der Waals surface area (Å²) >= 11 is 0. The highest BCUT2D eigenvalue weighted by atomic mass is 16.5. The first-order valence-electron chi connectivity index (χ1n) is 9.16. The predicted octanol–water partition coefficient (Wildman–Crippen LogP) is 3.26. The molecule has 5 rings (SSSR count). The van der Waals surface area contributed by atoms with Gasteiger partial charge in [-0.3, -0.25) is 4.98 Å². The first kappa shape index (κ1) is 16.5. The molecular formula is C19H18N6O3. The van der Waals surface area contributed by atoms with E-state index in [9.17, 15) is 4.79 Å². The Kier molecular flexibility index (Phi) is 3.85. The molecule has 0 atom stereocenters. The molecule has 1 fully saturated rings. The third-order valence-electron chi connectivity index (χ3n) is 4.93. The van der Waals surface area contributed by atoms with Crippen LogP contribution in [0.5, 0.6) is 11.6 Å². The van der Waals surface area contributed by atoms with E-state index in [4.69, 9.17) is 14.9 Å². The second kappa shape index (κ2) is 6.52. The van der Waals surface area contributed by atoms with Crippen LogP contribution in [0.25, 0.3) is 22.6 Å². The topological polar surface area (TPSA) is 125 Å². The minimum Gasteiger partial charge on any atom is -0.439 e. The quantitative estimate of drug-likeness (QED) is 0.558. The number of para-hydroxylation sites is 1. The molecule has 1 aliphatic carbocycles. The lowest BCUT2D eigenvalue weighted by atomic mass is 10.2. The molecule has 3 N–H and O–H groups in total. The van der Waals surface area contributed by atoms with Crippen LogP contribution in [0.3, 0.4) is 0 Å². The Morgan fingerprint density at radius 2 is 1.96 bits per heavy atom. The van der Waals surface area contributed by atoms with Gasteiger partial charge in [-0.05, 0) is 25.0 Å². The molecule has 28 heavy (non-hydrogen) atoms. The molecule has 0 radical (unpaired) electrons. The summed E-state index contributed by atoms with van der Waals surface area (Å²) in [5, 5.41) is 5.19. The third-order valence-corrected chi connectivity index (χ3v) is 4.93. The molecule has 1 aromatic carbocycles. The second-order valence-electron chi connectivity index (χ2n) is 6.79. The molecular weight excluding hydrogens is 360 g/mol. The number of nitrogens with zero attached hydrogens (tertiary/aromatic N) is 4. The van der Waals surface area contributed by atoms with Crippen molar-refractivity contribution in [1.82, 2.24) is 24.7 Å². The Bertz CT molecular complexity index is 1190. The highest BCUT2D eigenvalue weighted by Gasteiger charge is 2.27. The first-order valence-corrected chi connectivity index (χ1v) is 9.16. The van der Waals surface area contributed by atoms with E-state index in [1.54, 1.807) is 4.68 Å². The summed E-state index contributed by atoms with van der Waals surface area (Å²) in [6.45, 7) is 0. The van der Waals surface area contributed by atoms with Crippen LogP contribution >= 0.6 is 0 Å². The molecule has 9 heteroatoms. The van der Waals surface area contributed by atoms with Gasteiger partial charge in [0, 0.05) is 0 Å². The number of benzene rings is 1. The fraction of sp³-hybridized carbons (Fsp3) is 0.263. The molecule has 9 nitrogen and oxygen atoms in total. The van der Waals surface area contributed by atoms with Gasteiger partial charge in [0.05, 0.1) is 11.4 Å². The van der Waals surface area contributed by atoms with Gasteiger partial charge in [-0.25, -0.2) is 9.48 Å². The summed E-state index contributed by atoms with van der Waals surface area (Å²) in [4.78, 5) is 22.9. The van der Waals surface area contributed by atoms with E-state index in [2.05, 4.69) is 20.1 Å². The van der Waals surface area contributed by atoms with Crippen molar-refractivity contribution in [3.8, 4) is 23.2 Å². The van der Waals surface area contributed by atoms with Crippen molar-refractivity contribution in [3.05, 3.63) is 47.1 Å². The monoisotopic (exact) mass is 378 g/mol. The van der Waals surface area contributed by atoms with E-state index in [-0.39, 0.29) is 17.8 Å². The number of nitrogens with two attached hydrogens (primary N) is 1. The van der Waals surface area contributed by atoms with Crippen molar-refractivity contribution in [1.29, 1.82) is 0 Å². The Morgan fingerprint density at radius 3 is 2.75 bits per heavy atom. The van der Waals surface area contributed by atoms with Gasteiger partial charge >= 0.3 is 5.69 Å². The van der Waals surface area contributed by atoms with E-state index in [1.165, 1.54) is 6.26 Å². The number of anilines is 1. The molecule has 0 spiro atoms. The van der Waals surface area contributed by atoms with Gasteiger partial charge in [-0.2, -0.15) is 15.1 Å². The molecule has 0 aliphatic heterocycles. The van der Waals surface area contributed by atoms with Gasteiger partial charge < -0.3 is 14.9 Å². The Labute approximate surface area is 159 Å². The number of ether oxygens (including phenoxy) is 1. The van der Waals surface area contributed by atoms with E-state index in [1.807, 2.05) is 30.3 Å². The number of aromatic amines is 1. The summed E-state index contributed by atoms with van der Waals surface area (Å²) in [5.74, 6) is 1.40. The molecule has 0 saturated heterocycles. The maximum absolute atomic E-state index is 11.9. The average Bonchev–Trinajstić information content (AvgIpc) is 3.41. The summed E-state index contributed by atoms with van der Waals surface area (Å²) in [5.41, 5.74) is 6.47. The zero-order chi connectivity index (χ0) is 19.1. The normalized spacial score (nSPS) is 14.7. The van der Waals surface area contributed by atoms with Crippen molar-refractivity contribution < 1.29 is 9.15 Å². The molecule has 3 aromatic heterocycles. The molecule has 1 saturated carbocycles. The van der Waals surface area contributed by atoms with Gasteiger partial charge in [0.2, 0.25) is 0 Å². The van der Waals surface area contributed by atoms with Crippen molar-refractivity contribution in [2.24, 2.45) is 0 Å². The molecule has 1 aliphatic rings. The lowest BCUT2D eigenvalue weighted by Gasteiger charge is -2.09. The first-order chi connectivity index (χ1) is 13.7. The van der Waals surface area contributed by atoms with E-state index >= 15 is 0 Å². The number of aromatic nitrogens is 5. The largest absolute Gasteiger partial charge is 0.439 e. The summed E-state index contributed by atoms with van der Waals surface area (Å²) in [7, 11) is 0. The van der Waals surface area contributed by atoms with Crippen LogP contribution in [0.1, 0.15) is 31.7 Å². The summed E-state index contributed by atoms with van der Waals surface area (Å²) in [6, 6.07) is 9.47. The average molecular weight is 378 g/mol. The fourth-order valence-electron chi connectivity index (χ4n) is 3.66. The maximum Gasteiger partial charge on any atom is 0.348 e. The standard InChI is InChI=1S/C19H18N6O3/c20-16-14-15(18-21-13(10-27-18)28-12-8-2-1-3-9-12)24-25(11-6-4-5-7-11)17(14)23-19(26)22-16/h1-3,8-11H,4-7H2,(H3,20,22,23,26). The van der Waals surface area contributed by atoms with E-state index in [0.29, 0.717) is 28.4 Å². The van der Waals surface area contributed by atoms with E-state index in [0.717, 1.165) is 25.7 Å². The lowest BCUT2D eigenvalue weighted by Crippen LogP contribution is -2.15.